The average Bonchev–Trinajstić information content (AvgIpc) is 3.30. The third-order valence-corrected chi connectivity index (χ3v) is 6.03. The standard InChI is InChI=1S/C18H22N4O4S/c19-16(23)12-3-5-22(6-4-12)18-20-17(24)14(27-18)11-13-1-2-15(26-13)21-7-9-25-10-8-21/h1-2,11-12H,3-10H2,(H2,19,23)/b14-11+. The van der Waals surface area contributed by atoms with Crippen LogP contribution < -0.4 is 10.6 Å². The maximum absolute atomic E-state index is 12.3. The van der Waals surface area contributed by atoms with Crippen LogP contribution in [0.25, 0.3) is 6.08 Å². The van der Waals surface area contributed by atoms with E-state index in [-0.39, 0.29) is 17.7 Å². The first kappa shape index (κ1) is 18.1. The smallest absolute Gasteiger partial charge is 0.286 e. The summed E-state index contributed by atoms with van der Waals surface area (Å²) in [5.74, 6) is 0.838. The molecule has 3 aliphatic heterocycles. The van der Waals surface area contributed by atoms with E-state index in [0.29, 0.717) is 55.0 Å². The van der Waals surface area contributed by atoms with Crippen molar-refractivity contribution in [2.24, 2.45) is 16.6 Å². The van der Waals surface area contributed by atoms with Gasteiger partial charge in [0.25, 0.3) is 5.91 Å². The van der Waals surface area contributed by atoms with E-state index in [0.717, 1.165) is 19.0 Å². The number of thioether (sulfide) groups is 1. The highest BCUT2D eigenvalue weighted by Gasteiger charge is 2.30. The van der Waals surface area contributed by atoms with E-state index in [4.69, 9.17) is 14.9 Å². The summed E-state index contributed by atoms with van der Waals surface area (Å²) in [4.78, 5) is 32.4. The van der Waals surface area contributed by atoms with Crippen molar-refractivity contribution in [3.8, 4) is 0 Å². The fourth-order valence-electron chi connectivity index (χ4n) is 3.39. The van der Waals surface area contributed by atoms with Gasteiger partial charge in [-0.3, -0.25) is 9.59 Å². The number of rotatable bonds is 3. The molecule has 2 fully saturated rings. The number of furan rings is 1. The summed E-state index contributed by atoms with van der Waals surface area (Å²) < 4.78 is 11.2. The number of piperidine rings is 1. The van der Waals surface area contributed by atoms with Gasteiger partial charge in [-0.15, -0.1) is 0 Å². The van der Waals surface area contributed by atoms with Gasteiger partial charge in [0.1, 0.15) is 5.76 Å². The molecule has 144 valence electrons. The van der Waals surface area contributed by atoms with Gasteiger partial charge < -0.3 is 24.7 Å². The second kappa shape index (κ2) is 7.77. The number of aliphatic imine (C=N–C) groups is 1. The molecule has 4 rings (SSSR count). The molecule has 2 N–H and O–H groups in total. The number of amidine groups is 1. The van der Waals surface area contributed by atoms with E-state index in [2.05, 4.69) is 9.89 Å². The molecule has 0 atom stereocenters. The number of primary amides is 1. The van der Waals surface area contributed by atoms with E-state index in [1.807, 2.05) is 17.0 Å². The van der Waals surface area contributed by atoms with Crippen molar-refractivity contribution in [2.45, 2.75) is 12.8 Å². The molecule has 0 bridgehead atoms. The van der Waals surface area contributed by atoms with Crippen LogP contribution in [0.2, 0.25) is 0 Å². The first-order chi connectivity index (χ1) is 13.1. The molecular weight excluding hydrogens is 368 g/mol. The SMILES string of the molecule is NC(=O)C1CCN(C2=NC(=O)/C(=C\c3ccc(N4CCOCC4)o3)S2)CC1. The van der Waals surface area contributed by atoms with Crippen LogP contribution in [0.4, 0.5) is 5.88 Å². The highest BCUT2D eigenvalue weighted by molar-refractivity contribution is 8.18. The van der Waals surface area contributed by atoms with Gasteiger partial charge in [0.2, 0.25) is 5.91 Å². The molecule has 0 radical (unpaired) electrons. The summed E-state index contributed by atoms with van der Waals surface area (Å²) in [5.41, 5.74) is 5.38. The topological polar surface area (TPSA) is 101 Å². The van der Waals surface area contributed by atoms with Crippen LogP contribution in [-0.4, -0.2) is 61.3 Å². The quantitative estimate of drug-likeness (QED) is 0.776. The van der Waals surface area contributed by atoms with Gasteiger partial charge in [0.05, 0.1) is 18.1 Å². The predicted molar refractivity (Wildman–Crippen MR) is 103 cm³/mol. The molecule has 0 spiro atoms. The zero-order valence-electron chi connectivity index (χ0n) is 14.9. The summed E-state index contributed by atoms with van der Waals surface area (Å²) in [6, 6.07) is 3.78. The molecule has 8 nitrogen and oxygen atoms in total. The molecule has 0 aromatic carbocycles. The summed E-state index contributed by atoms with van der Waals surface area (Å²) >= 11 is 1.35. The normalized spacial score (nSPS) is 23.2. The molecule has 9 heteroatoms. The molecule has 4 heterocycles. The number of hydrogen-bond donors (Lipinski definition) is 1. The molecule has 0 unspecified atom stereocenters. The van der Waals surface area contributed by atoms with Crippen molar-refractivity contribution in [3.63, 3.8) is 0 Å². The van der Waals surface area contributed by atoms with Crippen molar-refractivity contribution in [1.82, 2.24) is 4.90 Å². The number of nitrogens with zero attached hydrogens (tertiary/aromatic N) is 3. The molecule has 1 aromatic rings. The number of nitrogens with two attached hydrogens (primary N) is 1. The Morgan fingerprint density at radius 2 is 1.93 bits per heavy atom. The van der Waals surface area contributed by atoms with Crippen molar-refractivity contribution in [1.29, 1.82) is 0 Å². The summed E-state index contributed by atoms with van der Waals surface area (Å²) in [5, 5.41) is 0.689. The van der Waals surface area contributed by atoms with Crippen LogP contribution in [0.1, 0.15) is 18.6 Å². The highest BCUT2D eigenvalue weighted by atomic mass is 32.2. The maximum Gasteiger partial charge on any atom is 0.286 e. The second-order valence-electron chi connectivity index (χ2n) is 6.75. The minimum Gasteiger partial charge on any atom is -0.441 e. The third-order valence-electron chi connectivity index (χ3n) is 4.99. The van der Waals surface area contributed by atoms with Gasteiger partial charge in [-0.25, -0.2) is 0 Å². The minimum atomic E-state index is -0.253. The zero-order chi connectivity index (χ0) is 18.8. The Kier molecular flexibility index (Phi) is 5.22. The molecule has 27 heavy (non-hydrogen) atoms. The van der Waals surface area contributed by atoms with Crippen LogP contribution in [-0.2, 0) is 14.3 Å². The van der Waals surface area contributed by atoms with Crippen molar-refractivity contribution in [2.75, 3.05) is 44.3 Å². The lowest BCUT2D eigenvalue weighted by molar-refractivity contribution is -0.123. The molecule has 2 amide bonds. The Bertz CT molecular complexity index is 789. The van der Waals surface area contributed by atoms with Gasteiger partial charge in [-0.2, -0.15) is 4.99 Å². The van der Waals surface area contributed by atoms with E-state index in [1.54, 1.807) is 6.08 Å². The molecule has 0 aliphatic carbocycles. The van der Waals surface area contributed by atoms with Gasteiger partial charge >= 0.3 is 0 Å². The second-order valence-corrected chi connectivity index (χ2v) is 7.76. The number of amides is 2. The number of morpholine rings is 1. The Labute approximate surface area is 161 Å². The van der Waals surface area contributed by atoms with Crippen LogP contribution in [0.5, 0.6) is 0 Å². The van der Waals surface area contributed by atoms with E-state index >= 15 is 0 Å². The van der Waals surface area contributed by atoms with Gasteiger partial charge in [-0.05, 0) is 30.7 Å². The lowest BCUT2D eigenvalue weighted by Gasteiger charge is -2.31. The summed E-state index contributed by atoms with van der Waals surface area (Å²) in [6.07, 6.45) is 3.14. The average molecular weight is 390 g/mol. The minimum absolute atomic E-state index is 0.0827. The Hall–Kier alpha value is -2.26. The maximum atomic E-state index is 12.3. The Balaban J connectivity index is 1.39. The number of likely N-dealkylation sites (tertiary alicyclic amines) is 1. The van der Waals surface area contributed by atoms with E-state index in [1.165, 1.54) is 11.8 Å². The number of anilines is 1. The molecular formula is C18H22N4O4S. The monoisotopic (exact) mass is 390 g/mol. The number of hydrogen-bond acceptors (Lipinski definition) is 7. The van der Waals surface area contributed by atoms with Crippen LogP contribution in [0.3, 0.4) is 0 Å². The van der Waals surface area contributed by atoms with Crippen LogP contribution in [0, 0.1) is 5.92 Å². The molecule has 3 aliphatic rings. The largest absolute Gasteiger partial charge is 0.441 e. The molecule has 0 saturated carbocycles. The number of ether oxygens (including phenoxy) is 1. The Morgan fingerprint density at radius 3 is 2.63 bits per heavy atom. The number of carbonyl (C=O) groups excluding carboxylic acids is 2. The molecule has 2 saturated heterocycles. The lowest BCUT2D eigenvalue weighted by Crippen LogP contribution is -2.40. The third kappa shape index (κ3) is 4.03. The Morgan fingerprint density at radius 1 is 1.19 bits per heavy atom. The summed E-state index contributed by atoms with van der Waals surface area (Å²) in [7, 11) is 0. The fourth-order valence-corrected chi connectivity index (χ4v) is 4.34. The van der Waals surface area contributed by atoms with Crippen LogP contribution >= 0.6 is 11.8 Å². The van der Waals surface area contributed by atoms with Crippen molar-refractivity contribution < 1.29 is 18.7 Å². The first-order valence-corrected chi connectivity index (χ1v) is 9.91. The number of carbonyl (C=O) groups is 2. The van der Waals surface area contributed by atoms with Gasteiger partial charge in [-0.1, -0.05) is 0 Å². The molecule has 1 aromatic heterocycles. The lowest BCUT2D eigenvalue weighted by atomic mass is 9.97. The van der Waals surface area contributed by atoms with Crippen molar-refractivity contribution >= 4 is 40.7 Å². The highest BCUT2D eigenvalue weighted by Crippen LogP contribution is 2.33. The zero-order valence-corrected chi connectivity index (χ0v) is 15.7. The van der Waals surface area contributed by atoms with Gasteiger partial charge in [0, 0.05) is 44.2 Å². The first-order valence-electron chi connectivity index (χ1n) is 9.09. The van der Waals surface area contributed by atoms with Crippen LogP contribution in [0.15, 0.2) is 26.4 Å². The van der Waals surface area contributed by atoms with E-state index < -0.39 is 0 Å². The van der Waals surface area contributed by atoms with Gasteiger partial charge in [0.15, 0.2) is 11.1 Å². The predicted octanol–water partition coefficient (Wildman–Crippen LogP) is 1.28. The van der Waals surface area contributed by atoms with E-state index in [9.17, 15) is 9.59 Å². The van der Waals surface area contributed by atoms with Crippen molar-refractivity contribution in [3.05, 3.63) is 22.8 Å². The fraction of sp³-hybridized carbons (Fsp3) is 0.500. The summed E-state index contributed by atoms with van der Waals surface area (Å²) in [6.45, 7) is 4.34.